The molecule has 24 heavy (non-hydrogen) atoms. The summed E-state index contributed by atoms with van der Waals surface area (Å²) in [5, 5.41) is 2.91. The Balaban J connectivity index is 2.16. The Morgan fingerprint density at radius 2 is 1.83 bits per heavy atom. The molecule has 1 fully saturated rings. The number of amides is 2. The van der Waals surface area contributed by atoms with Crippen molar-refractivity contribution in [2.75, 3.05) is 19.7 Å². The van der Waals surface area contributed by atoms with E-state index in [9.17, 15) is 9.59 Å². The van der Waals surface area contributed by atoms with Crippen LogP contribution in [-0.2, 0) is 9.59 Å². The third-order valence-electron chi connectivity index (χ3n) is 4.31. The first-order valence-corrected chi connectivity index (χ1v) is 8.88. The number of para-hydroxylation sites is 1. The zero-order chi connectivity index (χ0) is 17.4. The number of carbonyl (C=O) groups excluding carboxylic acids is 2. The van der Waals surface area contributed by atoms with E-state index in [0.29, 0.717) is 6.61 Å². The SMILES string of the molecule is CCOc1ccccc1[C@@H](CC(=O)N1CCCCCC1)NC(C)=O. The predicted molar refractivity (Wildman–Crippen MR) is 93.8 cm³/mol. The molecular formula is C19H28N2O3. The molecule has 0 unspecified atom stereocenters. The number of likely N-dealkylation sites (tertiary alicyclic amines) is 1. The van der Waals surface area contributed by atoms with Gasteiger partial charge in [-0.3, -0.25) is 9.59 Å². The highest BCUT2D eigenvalue weighted by Crippen LogP contribution is 2.28. The maximum atomic E-state index is 12.7. The summed E-state index contributed by atoms with van der Waals surface area (Å²) in [7, 11) is 0. The van der Waals surface area contributed by atoms with Gasteiger partial charge in [0, 0.05) is 25.6 Å². The molecule has 0 spiro atoms. The number of nitrogens with zero attached hydrogens (tertiary/aromatic N) is 1. The highest BCUT2D eigenvalue weighted by Gasteiger charge is 2.24. The van der Waals surface area contributed by atoms with E-state index in [4.69, 9.17) is 4.74 Å². The molecule has 1 atom stereocenters. The van der Waals surface area contributed by atoms with Crippen molar-refractivity contribution in [3.05, 3.63) is 29.8 Å². The summed E-state index contributed by atoms with van der Waals surface area (Å²) in [4.78, 5) is 26.3. The van der Waals surface area contributed by atoms with Crippen LogP contribution in [0.2, 0.25) is 0 Å². The summed E-state index contributed by atoms with van der Waals surface area (Å²) in [6.07, 6.45) is 4.76. The van der Waals surface area contributed by atoms with Gasteiger partial charge in [-0.25, -0.2) is 0 Å². The van der Waals surface area contributed by atoms with Crippen LogP contribution >= 0.6 is 0 Å². The number of hydrogen-bond donors (Lipinski definition) is 1. The van der Waals surface area contributed by atoms with E-state index >= 15 is 0 Å². The average Bonchev–Trinajstić information content (AvgIpc) is 2.84. The summed E-state index contributed by atoms with van der Waals surface area (Å²) in [5.74, 6) is 0.680. The van der Waals surface area contributed by atoms with Crippen molar-refractivity contribution in [1.29, 1.82) is 0 Å². The van der Waals surface area contributed by atoms with Gasteiger partial charge in [0.05, 0.1) is 19.1 Å². The third-order valence-corrected chi connectivity index (χ3v) is 4.31. The Morgan fingerprint density at radius 1 is 1.17 bits per heavy atom. The number of ether oxygens (including phenoxy) is 1. The molecule has 2 rings (SSSR count). The lowest BCUT2D eigenvalue weighted by Gasteiger charge is -2.25. The van der Waals surface area contributed by atoms with Crippen LogP contribution in [-0.4, -0.2) is 36.4 Å². The third kappa shape index (κ3) is 5.25. The van der Waals surface area contributed by atoms with Crippen molar-refractivity contribution in [2.45, 2.75) is 52.0 Å². The minimum Gasteiger partial charge on any atom is -0.494 e. The Bertz CT molecular complexity index is 551. The first kappa shape index (κ1) is 18.3. The molecule has 132 valence electrons. The van der Waals surface area contributed by atoms with Crippen LogP contribution in [0, 0.1) is 0 Å². The second-order valence-corrected chi connectivity index (χ2v) is 6.22. The van der Waals surface area contributed by atoms with Gasteiger partial charge in [-0.1, -0.05) is 31.0 Å². The monoisotopic (exact) mass is 332 g/mol. The first-order chi connectivity index (χ1) is 11.6. The Morgan fingerprint density at radius 3 is 2.46 bits per heavy atom. The van der Waals surface area contributed by atoms with Crippen LogP contribution in [0.1, 0.15) is 57.6 Å². The number of hydrogen-bond acceptors (Lipinski definition) is 3. The molecule has 1 heterocycles. The second-order valence-electron chi connectivity index (χ2n) is 6.22. The normalized spacial score (nSPS) is 16.2. The fourth-order valence-electron chi connectivity index (χ4n) is 3.16. The van der Waals surface area contributed by atoms with Crippen LogP contribution < -0.4 is 10.1 Å². The van der Waals surface area contributed by atoms with Crippen LogP contribution in [0.15, 0.2) is 24.3 Å². The van der Waals surface area contributed by atoms with Crippen molar-refractivity contribution in [1.82, 2.24) is 10.2 Å². The van der Waals surface area contributed by atoms with Gasteiger partial charge in [0.2, 0.25) is 11.8 Å². The molecule has 0 saturated carbocycles. The molecule has 1 aliphatic heterocycles. The maximum absolute atomic E-state index is 12.7. The lowest BCUT2D eigenvalue weighted by Crippen LogP contribution is -2.36. The van der Waals surface area contributed by atoms with Crippen LogP contribution in [0.5, 0.6) is 5.75 Å². The van der Waals surface area contributed by atoms with Crippen molar-refractivity contribution in [2.24, 2.45) is 0 Å². The van der Waals surface area contributed by atoms with E-state index in [-0.39, 0.29) is 24.3 Å². The van der Waals surface area contributed by atoms with E-state index in [1.165, 1.54) is 19.8 Å². The van der Waals surface area contributed by atoms with Gasteiger partial charge < -0.3 is 15.0 Å². The molecule has 1 aromatic carbocycles. The molecule has 0 aliphatic carbocycles. The summed E-state index contributed by atoms with van der Waals surface area (Å²) in [6.45, 7) is 5.58. The molecule has 5 nitrogen and oxygen atoms in total. The van der Waals surface area contributed by atoms with Gasteiger partial charge >= 0.3 is 0 Å². The molecule has 1 N–H and O–H groups in total. The van der Waals surface area contributed by atoms with Gasteiger partial charge in [0.1, 0.15) is 5.75 Å². The highest BCUT2D eigenvalue weighted by atomic mass is 16.5. The van der Waals surface area contributed by atoms with Crippen molar-refractivity contribution >= 4 is 11.8 Å². The van der Waals surface area contributed by atoms with E-state index in [1.54, 1.807) is 0 Å². The van der Waals surface area contributed by atoms with E-state index < -0.39 is 0 Å². The van der Waals surface area contributed by atoms with Crippen LogP contribution in [0.3, 0.4) is 0 Å². The molecule has 0 radical (unpaired) electrons. The van der Waals surface area contributed by atoms with Crippen LogP contribution in [0.25, 0.3) is 0 Å². The van der Waals surface area contributed by atoms with Gasteiger partial charge in [0.25, 0.3) is 0 Å². The zero-order valence-corrected chi connectivity index (χ0v) is 14.7. The fraction of sp³-hybridized carbons (Fsp3) is 0.579. The molecule has 0 aromatic heterocycles. The van der Waals surface area contributed by atoms with Gasteiger partial charge in [-0.05, 0) is 25.8 Å². The van der Waals surface area contributed by atoms with Crippen molar-refractivity contribution in [3.8, 4) is 5.75 Å². The molecule has 2 amide bonds. The summed E-state index contributed by atoms with van der Waals surface area (Å²) < 4.78 is 5.67. The molecule has 1 aliphatic rings. The summed E-state index contributed by atoms with van der Waals surface area (Å²) in [6, 6.07) is 7.24. The fourth-order valence-corrected chi connectivity index (χ4v) is 3.16. The second kappa shape index (κ2) is 9.30. The Labute approximate surface area is 144 Å². The van der Waals surface area contributed by atoms with Crippen molar-refractivity contribution in [3.63, 3.8) is 0 Å². The first-order valence-electron chi connectivity index (χ1n) is 8.88. The van der Waals surface area contributed by atoms with E-state index in [1.807, 2.05) is 36.1 Å². The largest absolute Gasteiger partial charge is 0.494 e. The zero-order valence-electron chi connectivity index (χ0n) is 14.7. The number of rotatable bonds is 6. The standard InChI is InChI=1S/C19H28N2O3/c1-3-24-18-11-7-6-10-16(18)17(20-15(2)22)14-19(23)21-12-8-4-5-9-13-21/h6-7,10-11,17H,3-5,8-9,12-14H2,1-2H3,(H,20,22)/t17-/m1/s1. The highest BCUT2D eigenvalue weighted by molar-refractivity contribution is 5.79. The predicted octanol–water partition coefficient (Wildman–Crippen LogP) is 3.06. The Hall–Kier alpha value is -2.04. The van der Waals surface area contributed by atoms with Gasteiger partial charge in [-0.2, -0.15) is 0 Å². The number of carbonyl (C=O) groups is 2. The average molecular weight is 332 g/mol. The quantitative estimate of drug-likeness (QED) is 0.871. The van der Waals surface area contributed by atoms with Crippen molar-refractivity contribution < 1.29 is 14.3 Å². The topological polar surface area (TPSA) is 58.6 Å². The maximum Gasteiger partial charge on any atom is 0.224 e. The molecule has 1 aromatic rings. The van der Waals surface area contributed by atoms with Gasteiger partial charge in [-0.15, -0.1) is 0 Å². The minimum atomic E-state index is -0.360. The molecule has 0 bridgehead atoms. The smallest absolute Gasteiger partial charge is 0.224 e. The van der Waals surface area contributed by atoms with Gasteiger partial charge in [0.15, 0.2) is 0 Å². The summed E-state index contributed by atoms with van der Waals surface area (Å²) >= 11 is 0. The minimum absolute atomic E-state index is 0.0990. The number of benzene rings is 1. The molecule has 1 saturated heterocycles. The lowest BCUT2D eigenvalue weighted by molar-refractivity contribution is -0.132. The molecule has 5 heteroatoms. The van der Waals surface area contributed by atoms with Crippen LogP contribution in [0.4, 0.5) is 0 Å². The Kier molecular flexibility index (Phi) is 7.09. The summed E-state index contributed by atoms with van der Waals surface area (Å²) in [5.41, 5.74) is 0.859. The van der Waals surface area contributed by atoms with E-state index in [0.717, 1.165) is 37.2 Å². The lowest BCUT2D eigenvalue weighted by atomic mass is 10.0. The number of nitrogens with one attached hydrogen (secondary N) is 1. The van der Waals surface area contributed by atoms with E-state index in [2.05, 4.69) is 5.32 Å². The molecular weight excluding hydrogens is 304 g/mol.